The molecule has 0 unspecified atom stereocenters. The van der Waals surface area contributed by atoms with Crippen LogP contribution in [0.25, 0.3) is 16.8 Å². The molecular formula is C20H13N3O3S. The largest absolute Gasteiger partial charge is 0.278 e. The number of hydrogen-bond donors (Lipinski definition) is 1. The average molecular weight is 375 g/mol. The van der Waals surface area contributed by atoms with Crippen molar-refractivity contribution in [3.8, 4) is 0 Å². The molecule has 0 saturated carbocycles. The first-order valence-corrected chi connectivity index (χ1v) is 8.90. The van der Waals surface area contributed by atoms with Crippen molar-refractivity contribution in [2.24, 2.45) is 0 Å². The second kappa shape index (κ2) is 6.69. The minimum Gasteiger partial charge on any atom is -0.278 e. The van der Waals surface area contributed by atoms with Gasteiger partial charge in [0.15, 0.2) is 5.17 Å². The van der Waals surface area contributed by atoms with Gasteiger partial charge in [0.05, 0.1) is 15.5 Å². The van der Waals surface area contributed by atoms with Crippen LogP contribution in [0.5, 0.6) is 0 Å². The van der Waals surface area contributed by atoms with E-state index in [1.165, 1.54) is 17.0 Å². The molecule has 0 radical (unpaired) electrons. The Labute approximate surface area is 158 Å². The highest BCUT2D eigenvalue weighted by molar-refractivity contribution is 8.19. The van der Waals surface area contributed by atoms with Crippen molar-refractivity contribution in [1.29, 1.82) is 5.41 Å². The number of nitro benzene ring substituents is 1. The first kappa shape index (κ1) is 17.0. The predicted octanol–water partition coefficient (Wildman–Crippen LogP) is 4.80. The van der Waals surface area contributed by atoms with Crippen molar-refractivity contribution in [2.45, 2.75) is 0 Å². The van der Waals surface area contributed by atoms with Gasteiger partial charge < -0.3 is 0 Å². The summed E-state index contributed by atoms with van der Waals surface area (Å²) in [5, 5.41) is 21.3. The summed E-state index contributed by atoms with van der Waals surface area (Å²) in [5.74, 6) is -0.313. The molecule has 3 aromatic carbocycles. The zero-order valence-corrected chi connectivity index (χ0v) is 14.8. The summed E-state index contributed by atoms with van der Waals surface area (Å²) in [5.41, 5.74) is 1.13. The van der Waals surface area contributed by atoms with E-state index in [-0.39, 0.29) is 16.8 Å². The lowest BCUT2D eigenvalue weighted by molar-refractivity contribution is -0.384. The molecule has 0 spiro atoms. The molecule has 1 saturated heterocycles. The van der Waals surface area contributed by atoms with E-state index in [9.17, 15) is 14.9 Å². The molecule has 4 rings (SSSR count). The lowest BCUT2D eigenvalue weighted by Crippen LogP contribution is -2.28. The van der Waals surface area contributed by atoms with Crippen LogP contribution in [0.4, 0.5) is 11.4 Å². The Kier molecular flexibility index (Phi) is 4.21. The molecule has 0 atom stereocenters. The van der Waals surface area contributed by atoms with E-state index in [0.717, 1.165) is 22.5 Å². The number of nitrogens with one attached hydrogen (secondary N) is 1. The van der Waals surface area contributed by atoms with Gasteiger partial charge in [0.2, 0.25) is 0 Å². The molecule has 1 heterocycles. The van der Waals surface area contributed by atoms with E-state index in [1.807, 2.05) is 42.5 Å². The summed E-state index contributed by atoms with van der Waals surface area (Å²) < 4.78 is 0. The SMILES string of the molecule is N=C1S/C(=C/c2cccc([N+](=O)[O-])c2)C(=O)N1c1ccc2ccccc2c1. The third-order valence-corrected chi connectivity index (χ3v) is 5.08. The van der Waals surface area contributed by atoms with Crippen molar-refractivity contribution >= 4 is 51.1 Å². The van der Waals surface area contributed by atoms with Crippen molar-refractivity contribution < 1.29 is 9.72 Å². The molecule has 0 aromatic heterocycles. The number of non-ortho nitro benzene ring substituents is 1. The average Bonchev–Trinajstić information content (AvgIpc) is 2.95. The first-order valence-electron chi connectivity index (χ1n) is 8.09. The minimum atomic E-state index is -0.477. The Balaban J connectivity index is 1.69. The number of fused-ring (bicyclic) bond motifs is 1. The van der Waals surface area contributed by atoms with Crippen molar-refractivity contribution in [3.05, 3.63) is 87.3 Å². The minimum absolute atomic E-state index is 0.0405. The van der Waals surface area contributed by atoms with Gasteiger partial charge in [-0.2, -0.15) is 0 Å². The number of benzene rings is 3. The third-order valence-electron chi connectivity index (χ3n) is 4.19. The molecule has 3 aromatic rings. The molecule has 1 aliphatic heterocycles. The van der Waals surface area contributed by atoms with Gasteiger partial charge in [-0.3, -0.25) is 25.2 Å². The maximum atomic E-state index is 12.8. The van der Waals surface area contributed by atoms with Crippen LogP contribution in [0.1, 0.15) is 5.56 Å². The molecule has 1 aliphatic rings. The molecule has 6 nitrogen and oxygen atoms in total. The Hall–Kier alpha value is -3.45. The number of hydrogen-bond acceptors (Lipinski definition) is 5. The van der Waals surface area contributed by atoms with Gasteiger partial charge in [-0.25, -0.2) is 0 Å². The van der Waals surface area contributed by atoms with E-state index in [4.69, 9.17) is 5.41 Å². The summed E-state index contributed by atoms with van der Waals surface area (Å²) in [6, 6.07) is 19.5. The normalized spacial score (nSPS) is 15.7. The molecule has 132 valence electrons. The molecule has 0 aliphatic carbocycles. The van der Waals surface area contributed by atoms with Crippen LogP contribution in [-0.2, 0) is 4.79 Å². The summed E-state index contributed by atoms with van der Waals surface area (Å²) in [4.78, 5) is 25.0. The Morgan fingerprint density at radius 3 is 2.56 bits per heavy atom. The quantitative estimate of drug-likeness (QED) is 0.404. The fraction of sp³-hybridized carbons (Fsp3) is 0. The van der Waals surface area contributed by atoms with E-state index in [1.54, 1.807) is 18.2 Å². The first-order chi connectivity index (χ1) is 13.0. The molecule has 1 N–H and O–H groups in total. The van der Waals surface area contributed by atoms with Crippen LogP contribution < -0.4 is 4.90 Å². The molecule has 0 bridgehead atoms. The smallest absolute Gasteiger partial charge is 0.271 e. The number of thioether (sulfide) groups is 1. The van der Waals surface area contributed by atoms with Gasteiger partial charge in [0.1, 0.15) is 0 Å². The monoisotopic (exact) mass is 375 g/mol. The number of carbonyl (C=O) groups is 1. The number of nitrogens with zero attached hydrogens (tertiary/aromatic N) is 2. The summed E-state index contributed by atoms with van der Waals surface area (Å²) in [6.07, 6.45) is 1.58. The van der Waals surface area contributed by atoms with Gasteiger partial charge in [-0.05, 0) is 46.3 Å². The molecule has 7 heteroatoms. The standard InChI is InChI=1S/C20H13N3O3S/c21-20-22(16-9-8-14-5-1-2-6-15(14)12-16)19(24)18(27-20)11-13-4-3-7-17(10-13)23(25)26/h1-12,21H/b18-11+,21-20?. The van der Waals surface area contributed by atoms with Crippen LogP contribution in [0.2, 0.25) is 0 Å². The number of carbonyl (C=O) groups excluding carboxylic acids is 1. The van der Waals surface area contributed by atoms with E-state index < -0.39 is 4.92 Å². The van der Waals surface area contributed by atoms with Gasteiger partial charge in [0.25, 0.3) is 11.6 Å². The third kappa shape index (κ3) is 3.20. The molecular weight excluding hydrogens is 362 g/mol. The van der Waals surface area contributed by atoms with Crippen LogP contribution in [0.15, 0.2) is 71.6 Å². The number of rotatable bonds is 3. The second-order valence-corrected chi connectivity index (χ2v) is 6.97. The van der Waals surface area contributed by atoms with E-state index >= 15 is 0 Å². The summed E-state index contributed by atoms with van der Waals surface area (Å²) in [7, 11) is 0. The highest BCUT2D eigenvalue weighted by atomic mass is 32.2. The zero-order chi connectivity index (χ0) is 19.0. The predicted molar refractivity (Wildman–Crippen MR) is 108 cm³/mol. The van der Waals surface area contributed by atoms with Gasteiger partial charge in [-0.15, -0.1) is 0 Å². The Bertz CT molecular complexity index is 1140. The lowest BCUT2D eigenvalue weighted by Gasteiger charge is -2.15. The topological polar surface area (TPSA) is 87.3 Å². The van der Waals surface area contributed by atoms with Crippen LogP contribution in [-0.4, -0.2) is 16.0 Å². The number of anilines is 1. The van der Waals surface area contributed by atoms with Gasteiger partial charge >= 0.3 is 0 Å². The van der Waals surface area contributed by atoms with Crippen molar-refractivity contribution in [2.75, 3.05) is 4.90 Å². The fourth-order valence-electron chi connectivity index (χ4n) is 2.92. The van der Waals surface area contributed by atoms with Gasteiger partial charge in [0, 0.05) is 12.1 Å². The number of amides is 1. The van der Waals surface area contributed by atoms with Crippen LogP contribution in [0.3, 0.4) is 0 Å². The maximum absolute atomic E-state index is 12.8. The lowest BCUT2D eigenvalue weighted by atomic mass is 10.1. The van der Waals surface area contributed by atoms with E-state index in [0.29, 0.717) is 16.2 Å². The molecule has 1 amide bonds. The maximum Gasteiger partial charge on any atom is 0.271 e. The van der Waals surface area contributed by atoms with Crippen LogP contribution in [0, 0.1) is 15.5 Å². The molecule has 27 heavy (non-hydrogen) atoms. The Morgan fingerprint density at radius 2 is 1.78 bits per heavy atom. The van der Waals surface area contributed by atoms with E-state index in [2.05, 4.69) is 0 Å². The number of amidine groups is 1. The van der Waals surface area contributed by atoms with Gasteiger partial charge in [-0.1, -0.05) is 42.5 Å². The number of nitro groups is 1. The fourth-order valence-corrected chi connectivity index (χ4v) is 3.78. The highest BCUT2D eigenvalue weighted by Crippen LogP contribution is 2.36. The summed E-state index contributed by atoms with van der Waals surface area (Å²) in [6.45, 7) is 0. The zero-order valence-electron chi connectivity index (χ0n) is 14.0. The van der Waals surface area contributed by atoms with Crippen molar-refractivity contribution in [3.63, 3.8) is 0 Å². The summed E-state index contributed by atoms with van der Waals surface area (Å²) >= 11 is 1.04. The Morgan fingerprint density at radius 1 is 1.00 bits per heavy atom. The molecule has 1 fully saturated rings. The van der Waals surface area contributed by atoms with Crippen LogP contribution >= 0.6 is 11.8 Å². The van der Waals surface area contributed by atoms with Crippen molar-refractivity contribution in [1.82, 2.24) is 0 Å². The highest BCUT2D eigenvalue weighted by Gasteiger charge is 2.33. The second-order valence-electron chi connectivity index (χ2n) is 5.94.